The van der Waals surface area contributed by atoms with Crippen LogP contribution in [-0.4, -0.2) is 24.1 Å². The van der Waals surface area contributed by atoms with Crippen LogP contribution in [0.25, 0.3) is 0 Å². The van der Waals surface area contributed by atoms with E-state index in [1.54, 1.807) is 6.92 Å². The first-order chi connectivity index (χ1) is 11.4. The van der Waals surface area contributed by atoms with Crippen molar-refractivity contribution in [2.75, 3.05) is 0 Å². The van der Waals surface area contributed by atoms with Gasteiger partial charge in [-0.1, -0.05) is 18.0 Å². The molecule has 0 radical (unpaired) electrons. The zero-order valence-electron chi connectivity index (χ0n) is 13.8. The van der Waals surface area contributed by atoms with Gasteiger partial charge < -0.3 is 15.8 Å². The standard InChI is InChI=1S/C18H24ClFN2O2/c1-10(24-16-6-5-13(20)9-15(16)19)18(23)22-17-11-3-2-4-12(17)8-14(21)7-11/h5-6,9-12,14,17H,2-4,7-8,21H2,1H3,(H,22,23). The molecular formula is C18H24ClFN2O2. The number of ether oxygens (including phenoxy) is 1. The molecular weight excluding hydrogens is 331 g/mol. The number of nitrogens with two attached hydrogens (primary N) is 1. The minimum absolute atomic E-state index is 0.159. The highest BCUT2D eigenvalue weighted by Gasteiger charge is 2.40. The molecule has 0 spiro atoms. The van der Waals surface area contributed by atoms with Gasteiger partial charge in [-0.3, -0.25) is 4.79 Å². The van der Waals surface area contributed by atoms with E-state index in [1.165, 1.54) is 24.6 Å². The van der Waals surface area contributed by atoms with Crippen molar-refractivity contribution in [3.8, 4) is 5.75 Å². The molecule has 4 nitrogen and oxygen atoms in total. The lowest BCUT2D eigenvalue weighted by Crippen LogP contribution is -2.55. The number of halogens is 2. The Morgan fingerprint density at radius 3 is 2.67 bits per heavy atom. The van der Waals surface area contributed by atoms with E-state index in [-0.39, 0.29) is 23.0 Å². The average Bonchev–Trinajstić information content (AvgIpc) is 2.50. The van der Waals surface area contributed by atoms with Crippen LogP contribution < -0.4 is 15.8 Å². The normalized spacial score (nSPS) is 30.5. The number of amides is 1. The maximum absolute atomic E-state index is 13.1. The van der Waals surface area contributed by atoms with Crippen LogP contribution in [0.2, 0.25) is 5.02 Å². The van der Waals surface area contributed by atoms with Crippen LogP contribution in [0.3, 0.4) is 0 Å². The molecule has 1 amide bonds. The summed E-state index contributed by atoms with van der Waals surface area (Å²) in [7, 11) is 0. The predicted octanol–water partition coefficient (Wildman–Crippen LogP) is 3.27. The molecule has 132 valence electrons. The molecule has 1 aromatic rings. The first-order valence-corrected chi connectivity index (χ1v) is 8.99. The molecule has 2 saturated carbocycles. The van der Waals surface area contributed by atoms with E-state index in [0.717, 1.165) is 25.7 Å². The molecule has 3 N–H and O–H groups in total. The quantitative estimate of drug-likeness (QED) is 0.872. The largest absolute Gasteiger partial charge is 0.479 e. The molecule has 3 unspecified atom stereocenters. The summed E-state index contributed by atoms with van der Waals surface area (Å²) in [6.45, 7) is 1.68. The Kier molecular flexibility index (Phi) is 5.30. The lowest BCUT2D eigenvalue weighted by atomic mass is 9.67. The van der Waals surface area contributed by atoms with Crippen molar-refractivity contribution in [2.24, 2.45) is 17.6 Å². The lowest BCUT2D eigenvalue weighted by molar-refractivity contribution is -0.129. The van der Waals surface area contributed by atoms with Gasteiger partial charge in [0, 0.05) is 12.1 Å². The number of carbonyl (C=O) groups excluding carboxylic acids is 1. The van der Waals surface area contributed by atoms with Gasteiger partial charge in [-0.25, -0.2) is 4.39 Å². The summed E-state index contributed by atoms with van der Waals surface area (Å²) in [6, 6.07) is 4.31. The maximum atomic E-state index is 13.1. The highest BCUT2D eigenvalue weighted by atomic mass is 35.5. The summed E-state index contributed by atoms with van der Waals surface area (Å²) >= 11 is 5.95. The third kappa shape index (κ3) is 3.83. The van der Waals surface area contributed by atoms with E-state index < -0.39 is 11.9 Å². The fourth-order valence-corrected chi connectivity index (χ4v) is 4.33. The smallest absolute Gasteiger partial charge is 0.261 e. The predicted molar refractivity (Wildman–Crippen MR) is 91.5 cm³/mol. The number of hydrogen-bond donors (Lipinski definition) is 2. The summed E-state index contributed by atoms with van der Waals surface area (Å²) in [5.74, 6) is 0.631. The number of nitrogens with one attached hydrogen (secondary N) is 1. The van der Waals surface area contributed by atoms with Gasteiger partial charge in [-0.2, -0.15) is 0 Å². The van der Waals surface area contributed by atoms with Crippen molar-refractivity contribution >= 4 is 17.5 Å². The van der Waals surface area contributed by atoms with Crippen molar-refractivity contribution in [1.82, 2.24) is 5.32 Å². The second-order valence-corrected chi connectivity index (χ2v) is 7.46. The van der Waals surface area contributed by atoms with Gasteiger partial charge in [0.1, 0.15) is 11.6 Å². The number of benzene rings is 1. The highest BCUT2D eigenvalue weighted by Crippen LogP contribution is 2.39. The minimum atomic E-state index is -0.690. The molecule has 3 rings (SSSR count). The molecule has 1 aromatic carbocycles. The van der Waals surface area contributed by atoms with E-state index in [0.29, 0.717) is 17.6 Å². The van der Waals surface area contributed by atoms with Crippen molar-refractivity contribution < 1.29 is 13.9 Å². The van der Waals surface area contributed by atoms with Gasteiger partial charge in [-0.15, -0.1) is 0 Å². The van der Waals surface area contributed by atoms with E-state index in [2.05, 4.69) is 5.32 Å². The SMILES string of the molecule is CC(Oc1ccc(F)cc1Cl)C(=O)NC1C2CCCC1CC(N)C2. The average molecular weight is 355 g/mol. The van der Waals surface area contributed by atoms with E-state index in [4.69, 9.17) is 22.1 Å². The lowest BCUT2D eigenvalue weighted by Gasteiger charge is -2.45. The summed E-state index contributed by atoms with van der Waals surface area (Å²) in [5, 5.41) is 3.32. The summed E-state index contributed by atoms with van der Waals surface area (Å²) < 4.78 is 18.7. The van der Waals surface area contributed by atoms with Crippen molar-refractivity contribution in [3.63, 3.8) is 0 Å². The molecule has 24 heavy (non-hydrogen) atoms. The molecule has 2 fully saturated rings. The fourth-order valence-electron chi connectivity index (χ4n) is 4.12. The monoisotopic (exact) mass is 354 g/mol. The number of rotatable bonds is 4. The van der Waals surface area contributed by atoms with Crippen LogP contribution >= 0.6 is 11.6 Å². The zero-order valence-corrected chi connectivity index (χ0v) is 14.6. The van der Waals surface area contributed by atoms with Crippen molar-refractivity contribution in [2.45, 2.75) is 57.2 Å². The van der Waals surface area contributed by atoms with Gasteiger partial charge in [0.25, 0.3) is 5.91 Å². The minimum Gasteiger partial charge on any atom is -0.479 e. The van der Waals surface area contributed by atoms with E-state index >= 15 is 0 Å². The molecule has 2 bridgehead atoms. The Labute approximate surface area is 146 Å². The Morgan fingerprint density at radius 2 is 2.04 bits per heavy atom. The third-order valence-electron chi connectivity index (χ3n) is 5.25. The van der Waals surface area contributed by atoms with Gasteiger partial charge in [-0.05, 0) is 62.6 Å². The first-order valence-electron chi connectivity index (χ1n) is 8.61. The Bertz CT molecular complexity index is 599. The maximum Gasteiger partial charge on any atom is 0.261 e. The van der Waals surface area contributed by atoms with Crippen molar-refractivity contribution in [3.05, 3.63) is 29.0 Å². The molecule has 2 aliphatic carbocycles. The second-order valence-electron chi connectivity index (χ2n) is 7.05. The second kappa shape index (κ2) is 7.28. The first kappa shape index (κ1) is 17.5. The van der Waals surface area contributed by atoms with Gasteiger partial charge >= 0.3 is 0 Å². The summed E-state index contributed by atoms with van der Waals surface area (Å²) in [5.41, 5.74) is 6.13. The highest BCUT2D eigenvalue weighted by molar-refractivity contribution is 6.32. The molecule has 2 aliphatic rings. The van der Waals surface area contributed by atoms with Crippen LogP contribution in [0.4, 0.5) is 4.39 Å². The van der Waals surface area contributed by atoms with E-state index in [1.807, 2.05) is 0 Å². The van der Waals surface area contributed by atoms with E-state index in [9.17, 15) is 9.18 Å². The Balaban J connectivity index is 1.62. The molecule has 3 atom stereocenters. The number of hydrogen-bond acceptors (Lipinski definition) is 3. The topological polar surface area (TPSA) is 64.3 Å². The summed E-state index contributed by atoms with van der Waals surface area (Å²) in [4.78, 5) is 12.5. The fraction of sp³-hybridized carbons (Fsp3) is 0.611. The zero-order chi connectivity index (χ0) is 17.3. The van der Waals surface area contributed by atoms with Crippen molar-refractivity contribution in [1.29, 1.82) is 0 Å². The van der Waals surface area contributed by atoms with Gasteiger partial charge in [0.15, 0.2) is 6.10 Å². The Hall–Kier alpha value is -1.33. The summed E-state index contributed by atoms with van der Waals surface area (Å²) in [6.07, 6.45) is 4.71. The number of carbonyl (C=O) groups is 1. The molecule has 0 aromatic heterocycles. The van der Waals surface area contributed by atoms with Crippen LogP contribution in [0.5, 0.6) is 5.75 Å². The van der Waals surface area contributed by atoms with Crippen LogP contribution in [0, 0.1) is 17.7 Å². The molecule has 0 heterocycles. The molecule has 0 saturated heterocycles. The van der Waals surface area contributed by atoms with Crippen LogP contribution in [0.1, 0.15) is 39.0 Å². The molecule has 0 aliphatic heterocycles. The van der Waals surface area contributed by atoms with Crippen LogP contribution in [0.15, 0.2) is 18.2 Å². The number of fused-ring (bicyclic) bond motifs is 2. The molecule has 6 heteroatoms. The van der Waals surface area contributed by atoms with Crippen LogP contribution in [-0.2, 0) is 4.79 Å². The third-order valence-corrected chi connectivity index (χ3v) is 5.55. The van der Waals surface area contributed by atoms with Gasteiger partial charge in [0.05, 0.1) is 5.02 Å². The van der Waals surface area contributed by atoms with Gasteiger partial charge in [0.2, 0.25) is 0 Å². The Morgan fingerprint density at radius 1 is 1.38 bits per heavy atom.